The monoisotopic (exact) mass is 252 g/mol. The molecule has 7 nitrogen and oxygen atoms in total. The number of amides is 2. The quantitative estimate of drug-likeness (QED) is 0.424. The van der Waals surface area contributed by atoms with Crippen LogP contribution in [0.15, 0.2) is 18.2 Å². The predicted molar refractivity (Wildman–Crippen MR) is 67.9 cm³/mol. The molecule has 0 saturated carbocycles. The zero-order valence-electron chi connectivity index (χ0n) is 9.93. The molecule has 0 spiro atoms. The number of anilines is 2. The normalized spacial score (nSPS) is 11.7. The number of primary amides is 1. The van der Waals surface area contributed by atoms with Gasteiger partial charge in [0.2, 0.25) is 5.91 Å². The molecular formula is C11H16N4O3. The van der Waals surface area contributed by atoms with E-state index in [0.29, 0.717) is 16.9 Å². The molecule has 1 rings (SSSR count). The number of nitrogen functional groups attached to an aromatic ring is 1. The first kappa shape index (κ1) is 13.8. The van der Waals surface area contributed by atoms with Gasteiger partial charge in [-0.05, 0) is 18.2 Å². The Morgan fingerprint density at radius 1 is 1.44 bits per heavy atom. The summed E-state index contributed by atoms with van der Waals surface area (Å²) in [6, 6.07) is 4.66. The van der Waals surface area contributed by atoms with E-state index in [0.717, 1.165) is 0 Å². The number of carbonyl (C=O) groups is 2. The third kappa shape index (κ3) is 3.36. The number of benzene rings is 1. The summed E-state index contributed by atoms with van der Waals surface area (Å²) in [5.41, 5.74) is 11.9. The van der Waals surface area contributed by atoms with Gasteiger partial charge in [0.05, 0.1) is 11.4 Å². The van der Waals surface area contributed by atoms with Gasteiger partial charge >= 0.3 is 0 Å². The molecule has 1 aromatic rings. The first-order valence-corrected chi connectivity index (χ1v) is 5.28. The highest BCUT2D eigenvalue weighted by Crippen LogP contribution is 2.19. The summed E-state index contributed by atoms with van der Waals surface area (Å²) in [4.78, 5) is 22.1. The number of aliphatic hydroxyl groups excluding tert-OH is 1. The number of aliphatic hydroxyl groups is 1. The number of nitrogens with two attached hydrogens (primary N) is 2. The molecule has 7 heteroatoms. The average molecular weight is 252 g/mol. The number of hydrogen-bond acceptors (Lipinski definition) is 5. The van der Waals surface area contributed by atoms with E-state index < -0.39 is 12.0 Å². The van der Waals surface area contributed by atoms with Crippen molar-refractivity contribution in [3.05, 3.63) is 23.8 Å². The van der Waals surface area contributed by atoms with Gasteiger partial charge < -0.3 is 27.2 Å². The lowest BCUT2D eigenvalue weighted by molar-refractivity contribution is -0.125. The zero-order chi connectivity index (χ0) is 13.7. The molecule has 98 valence electrons. The summed E-state index contributed by atoms with van der Waals surface area (Å²) in [7, 11) is 1.52. The minimum absolute atomic E-state index is 0.0727. The molecule has 0 aliphatic rings. The van der Waals surface area contributed by atoms with Gasteiger partial charge in [0.25, 0.3) is 5.91 Å². The Bertz CT molecular complexity index is 462. The molecule has 1 aromatic carbocycles. The van der Waals surface area contributed by atoms with Crippen molar-refractivity contribution in [2.24, 2.45) is 5.73 Å². The second-order valence-electron chi connectivity index (χ2n) is 3.68. The SMILES string of the molecule is CNC(=O)c1ccc(N)c(NCC(O)C(N)=O)c1. The molecule has 0 aliphatic heterocycles. The first-order chi connectivity index (χ1) is 8.45. The van der Waals surface area contributed by atoms with Gasteiger partial charge in [-0.3, -0.25) is 9.59 Å². The molecule has 0 saturated heterocycles. The summed E-state index contributed by atoms with van der Waals surface area (Å²) in [5, 5.41) is 14.5. The van der Waals surface area contributed by atoms with Crippen molar-refractivity contribution >= 4 is 23.2 Å². The Kier molecular flexibility index (Phi) is 4.50. The lowest BCUT2D eigenvalue weighted by atomic mass is 10.1. The van der Waals surface area contributed by atoms with E-state index in [1.165, 1.54) is 13.1 Å². The van der Waals surface area contributed by atoms with Crippen LogP contribution in [0, 0.1) is 0 Å². The number of rotatable bonds is 5. The van der Waals surface area contributed by atoms with Gasteiger partial charge in [-0.25, -0.2) is 0 Å². The van der Waals surface area contributed by atoms with Crippen LogP contribution in [-0.4, -0.2) is 36.6 Å². The molecule has 2 amide bonds. The van der Waals surface area contributed by atoms with Crippen LogP contribution in [0.2, 0.25) is 0 Å². The molecule has 0 heterocycles. The summed E-state index contributed by atoms with van der Waals surface area (Å²) < 4.78 is 0. The largest absolute Gasteiger partial charge is 0.397 e. The third-order valence-electron chi connectivity index (χ3n) is 2.36. The van der Waals surface area contributed by atoms with E-state index >= 15 is 0 Å². The topological polar surface area (TPSA) is 130 Å². The van der Waals surface area contributed by atoms with Gasteiger partial charge in [0, 0.05) is 19.2 Å². The fourth-order valence-electron chi connectivity index (χ4n) is 1.30. The molecule has 0 aromatic heterocycles. The highest BCUT2D eigenvalue weighted by molar-refractivity contribution is 5.96. The van der Waals surface area contributed by atoms with Gasteiger partial charge in [-0.2, -0.15) is 0 Å². The van der Waals surface area contributed by atoms with Gasteiger partial charge in [-0.15, -0.1) is 0 Å². The molecule has 1 atom stereocenters. The van der Waals surface area contributed by atoms with Crippen molar-refractivity contribution in [3.63, 3.8) is 0 Å². The minimum atomic E-state index is -1.31. The molecule has 0 radical (unpaired) electrons. The maximum Gasteiger partial charge on any atom is 0.251 e. The van der Waals surface area contributed by atoms with Crippen LogP contribution in [-0.2, 0) is 4.79 Å². The van der Waals surface area contributed by atoms with Crippen molar-refractivity contribution in [2.45, 2.75) is 6.10 Å². The number of hydrogen-bond donors (Lipinski definition) is 5. The lowest BCUT2D eigenvalue weighted by Gasteiger charge is -2.12. The van der Waals surface area contributed by atoms with E-state index in [2.05, 4.69) is 10.6 Å². The Morgan fingerprint density at radius 2 is 2.11 bits per heavy atom. The van der Waals surface area contributed by atoms with Crippen molar-refractivity contribution in [1.82, 2.24) is 5.32 Å². The van der Waals surface area contributed by atoms with Gasteiger partial charge in [-0.1, -0.05) is 0 Å². The fraction of sp³-hybridized carbons (Fsp3) is 0.273. The van der Waals surface area contributed by atoms with Gasteiger partial charge in [0.15, 0.2) is 0 Å². The van der Waals surface area contributed by atoms with E-state index in [4.69, 9.17) is 11.5 Å². The summed E-state index contributed by atoms with van der Waals surface area (Å²) in [5.74, 6) is -1.09. The maximum atomic E-state index is 11.4. The lowest BCUT2D eigenvalue weighted by Crippen LogP contribution is -2.34. The van der Waals surface area contributed by atoms with Gasteiger partial charge in [0.1, 0.15) is 6.10 Å². The van der Waals surface area contributed by atoms with Crippen molar-refractivity contribution in [3.8, 4) is 0 Å². The van der Waals surface area contributed by atoms with Crippen molar-refractivity contribution in [1.29, 1.82) is 0 Å². The minimum Gasteiger partial charge on any atom is -0.397 e. The van der Waals surface area contributed by atoms with Crippen LogP contribution in [0.4, 0.5) is 11.4 Å². The Hall–Kier alpha value is -2.28. The maximum absolute atomic E-state index is 11.4. The fourth-order valence-corrected chi connectivity index (χ4v) is 1.30. The number of carbonyl (C=O) groups excluding carboxylic acids is 2. The standard InChI is InChI=1S/C11H16N4O3/c1-14-11(18)6-2-3-7(12)8(4-6)15-5-9(16)10(13)17/h2-4,9,15-16H,5,12H2,1H3,(H2,13,17)(H,14,18). The van der Waals surface area contributed by atoms with Crippen LogP contribution in [0.1, 0.15) is 10.4 Å². The Labute approximate surface area is 104 Å². The molecule has 1 unspecified atom stereocenters. The van der Waals surface area contributed by atoms with E-state index in [1.54, 1.807) is 12.1 Å². The van der Waals surface area contributed by atoms with E-state index in [9.17, 15) is 14.7 Å². The molecular weight excluding hydrogens is 236 g/mol. The first-order valence-electron chi connectivity index (χ1n) is 5.28. The molecule has 18 heavy (non-hydrogen) atoms. The molecule has 7 N–H and O–H groups in total. The predicted octanol–water partition coefficient (Wildman–Crippen LogP) is -1.11. The molecule has 0 bridgehead atoms. The van der Waals surface area contributed by atoms with Crippen molar-refractivity contribution in [2.75, 3.05) is 24.6 Å². The van der Waals surface area contributed by atoms with Crippen LogP contribution < -0.4 is 22.1 Å². The second kappa shape index (κ2) is 5.87. The Morgan fingerprint density at radius 3 is 2.67 bits per heavy atom. The zero-order valence-corrected chi connectivity index (χ0v) is 9.93. The van der Waals surface area contributed by atoms with E-state index in [1.807, 2.05) is 0 Å². The average Bonchev–Trinajstić information content (AvgIpc) is 2.36. The highest BCUT2D eigenvalue weighted by atomic mass is 16.3. The van der Waals surface area contributed by atoms with Crippen LogP contribution in [0.3, 0.4) is 0 Å². The number of nitrogens with one attached hydrogen (secondary N) is 2. The molecule has 0 aliphatic carbocycles. The third-order valence-corrected chi connectivity index (χ3v) is 2.36. The van der Waals surface area contributed by atoms with E-state index in [-0.39, 0.29) is 12.5 Å². The summed E-state index contributed by atoms with van der Waals surface area (Å²) in [6.45, 7) is -0.0727. The summed E-state index contributed by atoms with van der Waals surface area (Å²) >= 11 is 0. The smallest absolute Gasteiger partial charge is 0.251 e. The van der Waals surface area contributed by atoms with Crippen LogP contribution in [0.5, 0.6) is 0 Å². The summed E-state index contributed by atoms with van der Waals surface area (Å²) in [6.07, 6.45) is -1.31. The second-order valence-corrected chi connectivity index (χ2v) is 3.68. The van der Waals surface area contributed by atoms with Crippen LogP contribution >= 0.6 is 0 Å². The highest BCUT2D eigenvalue weighted by Gasteiger charge is 2.12. The molecule has 0 fully saturated rings. The van der Waals surface area contributed by atoms with Crippen LogP contribution in [0.25, 0.3) is 0 Å². The van der Waals surface area contributed by atoms with Crippen molar-refractivity contribution < 1.29 is 14.7 Å². The Balaban J connectivity index is 2.81.